The molecule has 0 saturated carbocycles. The van der Waals surface area contributed by atoms with Gasteiger partial charge in [0.2, 0.25) is 5.91 Å². The highest BCUT2D eigenvalue weighted by Gasteiger charge is 2.27. The minimum absolute atomic E-state index is 0.120. The zero-order chi connectivity index (χ0) is 24.2. The molecule has 1 aliphatic carbocycles. The molecule has 0 fully saturated rings. The normalized spacial score (nSPS) is 14.9. The number of thiophene rings is 1. The number of rotatable bonds is 9. The number of hydrogen-bond acceptors (Lipinski definition) is 7. The fraction of sp³-hybridized carbons (Fsp3) is 0.333. The first kappa shape index (κ1) is 24.0. The minimum Gasteiger partial charge on any atom is -0.497 e. The first-order valence-corrected chi connectivity index (χ1v) is 12.8. The Bertz CT molecular complexity index is 1220. The molecule has 1 aromatic carbocycles. The summed E-state index contributed by atoms with van der Waals surface area (Å²) < 4.78 is 7.13. The molecule has 34 heavy (non-hydrogen) atoms. The maximum atomic E-state index is 12.8. The van der Waals surface area contributed by atoms with Crippen molar-refractivity contribution >= 4 is 39.9 Å². The van der Waals surface area contributed by atoms with Gasteiger partial charge < -0.3 is 15.8 Å². The average Bonchev–Trinajstić information content (AvgIpc) is 3.38. The summed E-state index contributed by atoms with van der Waals surface area (Å²) in [5.74, 6) is 1.39. The number of ether oxygens (including phenoxy) is 1. The van der Waals surface area contributed by atoms with E-state index in [2.05, 4.69) is 29.0 Å². The average molecular weight is 498 g/mol. The first-order chi connectivity index (χ1) is 16.4. The Morgan fingerprint density at radius 3 is 2.79 bits per heavy atom. The number of hydrogen-bond donors (Lipinski definition) is 2. The van der Waals surface area contributed by atoms with Crippen molar-refractivity contribution < 1.29 is 14.3 Å². The van der Waals surface area contributed by atoms with Crippen molar-refractivity contribution in [3.63, 3.8) is 0 Å². The molecule has 0 spiro atoms. The summed E-state index contributed by atoms with van der Waals surface area (Å²) in [5.41, 5.74) is 8.00. The summed E-state index contributed by atoms with van der Waals surface area (Å²) >= 11 is 2.74. The lowest BCUT2D eigenvalue weighted by molar-refractivity contribution is -0.113. The molecule has 178 valence electrons. The molecule has 3 aromatic rings. The Kier molecular flexibility index (Phi) is 7.38. The number of carbonyl (C=O) groups is 2. The quantitative estimate of drug-likeness (QED) is 0.339. The lowest BCUT2D eigenvalue weighted by Gasteiger charge is -2.18. The number of aromatic nitrogens is 3. The second kappa shape index (κ2) is 10.4. The molecule has 2 heterocycles. The summed E-state index contributed by atoms with van der Waals surface area (Å²) in [6.07, 6.45) is 4.50. The first-order valence-electron chi connectivity index (χ1n) is 11.0. The summed E-state index contributed by atoms with van der Waals surface area (Å²) in [6, 6.07) is 7.54. The molecular weight excluding hydrogens is 470 g/mol. The van der Waals surface area contributed by atoms with E-state index in [9.17, 15) is 9.59 Å². The topological polar surface area (TPSA) is 112 Å². The molecule has 8 nitrogen and oxygen atoms in total. The van der Waals surface area contributed by atoms with E-state index in [-0.39, 0.29) is 11.7 Å². The molecule has 3 N–H and O–H groups in total. The van der Waals surface area contributed by atoms with Crippen molar-refractivity contribution in [3.8, 4) is 17.1 Å². The summed E-state index contributed by atoms with van der Waals surface area (Å²) in [6.45, 7) is 6.52. The van der Waals surface area contributed by atoms with Gasteiger partial charge in [-0.25, -0.2) is 0 Å². The van der Waals surface area contributed by atoms with Crippen LogP contribution in [0.3, 0.4) is 0 Å². The maximum Gasteiger partial charge on any atom is 0.251 e. The molecular formula is C24H27N5O3S2. The predicted octanol–water partition coefficient (Wildman–Crippen LogP) is 4.16. The molecule has 1 aliphatic rings. The van der Waals surface area contributed by atoms with Crippen LogP contribution in [0.5, 0.6) is 5.75 Å². The number of nitrogens with zero attached hydrogens (tertiary/aromatic N) is 3. The van der Waals surface area contributed by atoms with Crippen LogP contribution in [0.1, 0.15) is 34.1 Å². The molecule has 0 radical (unpaired) electrons. The Balaban J connectivity index is 1.49. The van der Waals surface area contributed by atoms with E-state index in [1.807, 2.05) is 28.8 Å². The van der Waals surface area contributed by atoms with Crippen LogP contribution in [-0.4, -0.2) is 39.4 Å². The van der Waals surface area contributed by atoms with Gasteiger partial charge in [-0.05, 0) is 55.0 Å². The van der Waals surface area contributed by atoms with Crippen molar-refractivity contribution in [2.24, 2.45) is 11.7 Å². The largest absolute Gasteiger partial charge is 0.497 e. The van der Waals surface area contributed by atoms with Crippen molar-refractivity contribution in [1.29, 1.82) is 0 Å². The third-order valence-electron chi connectivity index (χ3n) is 5.72. The van der Waals surface area contributed by atoms with Crippen LogP contribution < -0.4 is 15.8 Å². The van der Waals surface area contributed by atoms with Gasteiger partial charge in [0.25, 0.3) is 5.91 Å². The van der Waals surface area contributed by atoms with Crippen LogP contribution in [0.25, 0.3) is 11.4 Å². The molecule has 10 heteroatoms. The number of anilines is 1. The van der Waals surface area contributed by atoms with E-state index in [1.54, 1.807) is 13.2 Å². The van der Waals surface area contributed by atoms with Crippen molar-refractivity contribution in [2.75, 3.05) is 18.2 Å². The van der Waals surface area contributed by atoms with Crippen LogP contribution in [0.15, 0.2) is 42.1 Å². The Hall–Kier alpha value is -3.11. The Labute approximate surface area is 206 Å². The van der Waals surface area contributed by atoms with E-state index in [1.165, 1.54) is 23.1 Å². The van der Waals surface area contributed by atoms with Crippen LogP contribution in [0.4, 0.5) is 5.00 Å². The number of benzene rings is 1. The highest BCUT2D eigenvalue weighted by molar-refractivity contribution is 7.99. The Morgan fingerprint density at radius 2 is 2.12 bits per heavy atom. The number of allylic oxidation sites excluding steroid dienone is 1. The fourth-order valence-corrected chi connectivity index (χ4v) is 6.22. The van der Waals surface area contributed by atoms with Crippen molar-refractivity contribution in [3.05, 3.63) is 52.9 Å². The number of fused-ring (bicyclic) bond motifs is 1. The van der Waals surface area contributed by atoms with Crippen molar-refractivity contribution in [1.82, 2.24) is 14.8 Å². The highest BCUT2D eigenvalue weighted by atomic mass is 32.2. The Morgan fingerprint density at radius 1 is 1.35 bits per heavy atom. The number of carbonyl (C=O) groups excluding carboxylic acids is 2. The van der Waals surface area contributed by atoms with Crippen LogP contribution in [0.2, 0.25) is 0 Å². The SMILES string of the molecule is C=CCn1c(SCC(=O)Nc2sc3c(c2C(N)=O)CCC(C)C3)nnc1-c1ccc(OC)cc1. The van der Waals surface area contributed by atoms with Gasteiger partial charge in [-0.15, -0.1) is 28.1 Å². The summed E-state index contributed by atoms with van der Waals surface area (Å²) in [7, 11) is 1.62. The third-order valence-corrected chi connectivity index (χ3v) is 7.86. The number of thioether (sulfide) groups is 1. The smallest absolute Gasteiger partial charge is 0.251 e. The third kappa shape index (κ3) is 5.02. The van der Waals surface area contributed by atoms with Gasteiger partial charge in [0, 0.05) is 17.0 Å². The van der Waals surface area contributed by atoms with Gasteiger partial charge in [-0.1, -0.05) is 24.8 Å². The molecule has 0 saturated heterocycles. The maximum absolute atomic E-state index is 12.8. The van der Waals surface area contributed by atoms with E-state index >= 15 is 0 Å². The van der Waals surface area contributed by atoms with Gasteiger partial charge in [-0.2, -0.15) is 0 Å². The lowest BCUT2D eigenvalue weighted by Crippen LogP contribution is -2.20. The summed E-state index contributed by atoms with van der Waals surface area (Å²) in [4.78, 5) is 26.1. The minimum atomic E-state index is -0.495. The predicted molar refractivity (Wildman–Crippen MR) is 136 cm³/mol. The molecule has 2 amide bonds. The molecule has 1 atom stereocenters. The standard InChI is InChI=1S/C24H27N5O3S2/c1-4-11-29-22(15-6-8-16(32-3)9-7-15)27-28-24(29)33-13-19(30)26-23-20(21(25)31)17-10-5-14(2)12-18(17)34-23/h4,6-9,14H,1,5,10-13H2,2-3H3,(H2,25,31)(H,26,30). The number of nitrogens with one attached hydrogen (secondary N) is 1. The highest BCUT2D eigenvalue weighted by Crippen LogP contribution is 2.39. The van der Waals surface area contributed by atoms with E-state index < -0.39 is 5.91 Å². The van der Waals surface area contributed by atoms with Gasteiger partial charge in [0.1, 0.15) is 10.8 Å². The number of primary amides is 1. The van der Waals surface area contributed by atoms with E-state index in [4.69, 9.17) is 10.5 Å². The second-order valence-corrected chi connectivity index (χ2v) is 10.2. The molecule has 0 bridgehead atoms. The summed E-state index contributed by atoms with van der Waals surface area (Å²) in [5, 5.41) is 12.7. The van der Waals surface area contributed by atoms with Crippen LogP contribution >= 0.6 is 23.1 Å². The monoisotopic (exact) mass is 497 g/mol. The molecule has 0 aliphatic heterocycles. The second-order valence-electron chi connectivity index (χ2n) is 8.19. The molecule has 1 unspecified atom stereocenters. The number of methoxy groups -OCH3 is 1. The number of amides is 2. The van der Waals surface area contributed by atoms with Gasteiger partial charge in [-0.3, -0.25) is 14.2 Å². The zero-order valence-corrected chi connectivity index (χ0v) is 20.8. The van der Waals surface area contributed by atoms with Gasteiger partial charge in [0.15, 0.2) is 11.0 Å². The van der Waals surface area contributed by atoms with Gasteiger partial charge in [0.05, 0.1) is 18.4 Å². The molecule has 2 aromatic heterocycles. The number of nitrogens with two attached hydrogens (primary N) is 1. The fourth-order valence-electron chi connectivity index (χ4n) is 4.04. The van der Waals surface area contributed by atoms with Crippen molar-refractivity contribution in [2.45, 2.75) is 37.9 Å². The molecule has 4 rings (SSSR count). The van der Waals surface area contributed by atoms with Gasteiger partial charge >= 0.3 is 0 Å². The van der Waals surface area contributed by atoms with Crippen LogP contribution in [-0.2, 0) is 24.2 Å². The lowest BCUT2D eigenvalue weighted by atomic mass is 9.88. The van der Waals surface area contributed by atoms with E-state index in [0.29, 0.717) is 34.0 Å². The zero-order valence-electron chi connectivity index (χ0n) is 19.2. The van der Waals surface area contributed by atoms with E-state index in [0.717, 1.165) is 41.0 Å². The van der Waals surface area contributed by atoms with Crippen LogP contribution in [0, 0.1) is 5.92 Å².